The summed E-state index contributed by atoms with van der Waals surface area (Å²) in [5.74, 6) is 0.930. The standard InChI is InChI=1S/C18H24N4O2/c1-12-9-17(21(3)20-12)22-8-7-16(18(22)24)19-13(2)15-6-4-5-14(10-15)11-23/h4-6,9-10,13,16,19,23H,7-8,11H2,1-3H3. The zero-order valence-corrected chi connectivity index (χ0v) is 14.4. The number of aliphatic hydroxyl groups is 1. The first-order chi connectivity index (χ1) is 11.5. The molecule has 6 heteroatoms. The van der Waals surface area contributed by atoms with Gasteiger partial charge in [0, 0.05) is 25.7 Å². The van der Waals surface area contributed by atoms with Gasteiger partial charge in [0.05, 0.1) is 18.3 Å². The van der Waals surface area contributed by atoms with Crippen molar-refractivity contribution < 1.29 is 9.90 Å². The number of benzene rings is 1. The first kappa shape index (κ1) is 16.7. The lowest BCUT2D eigenvalue weighted by atomic mass is 10.0. The first-order valence-corrected chi connectivity index (χ1v) is 8.27. The smallest absolute Gasteiger partial charge is 0.245 e. The van der Waals surface area contributed by atoms with Crippen LogP contribution in [0.4, 0.5) is 5.82 Å². The summed E-state index contributed by atoms with van der Waals surface area (Å²) in [6.45, 7) is 4.69. The average molecular weight is 328 g/mol. The molecular formula is C18H24N4O2. The highest BCUT2D eigenvalue weighted by Gasteiger charge is 2.34. The number of carbonyl (C=O) groups is 1. The number of aryl methyl sites for hydroxylation is 2. The van der Waals surface area contributed by atoms with Crippen LogP contribution in [0.1, 0.15) is 36.2 Å². The Morgan fingerprint density at radius 1 is 1.42 bits per heavy atom. The lowest BCUT2D eigenvalue weighted by Crippen LogP contribution is -2.40. The van der Waals surface area contributed by atoms with Gasteiger partial charge in [0.1, 0.15) is 5.82 Å². The predicted molar refractivity (Wildman–Crippen MR) is 92.6 cm³/mol. The van der Waals surface area contributed by atoms with Gasteiger partial charge in [0.25, 0.3) is 0 Å². The van der Waals surface area contributed by atoms with E-state index in [0.717, 1.165) is 29.1 Å². The van der Waals surface area contributed by atoms with Crippen LogP contribution in [0.2, 0.25) is 0 Å². The number of nitrogens with one attached hydrogen (secondary N) is 1. The van der Waals surface area contributed by atoms with E-state index in [1.807, 2.05) is 51.2 Å². The van der Waals surface area contributed by atoms with Crippen LogP contribution in [0, 0.1) is 6.92 Å². The van der Waals surface area contributed by atoms with Crippen LogP contribution in [0.25, 0.3) is 0 Å². The Hall–Kier alpha value is -2.18. The van der Waals surface area contributed by atoms with Gasteiger partial charge in [-0.1, -0.05) is 24.3 Å². The van der Waals surface area contributed by atoms with Crippen molar-refractivity contribution in [1.29, 1.82) is 0 Å². The van der Waals surface area contributed by atoms with E-state index >= 15 is 0 Å². The van der Waals surface area contributed by atoms with Crippen molar-refractivity contribution in [3.8, 4) is 0 Å². The van der Waals surface area contributed by atoms with E-state index in [1.54, 1.807) is 9.58 Å². The van der Waals surface area contributed by atoms with E-state index in [1.165, 1.54) is 0 Å². The molecule has 0 saturated carbocycles. The summed E-state index contributed by atoms with van der Waals surface area (Å²) in [6, 6.07) is 9.59. The molecule has 0 radical (unpaired) electrons. The normalized spacial score (nSPS) is 19.1. The number of rotatable bonds is 5. The van der Waals surface area contributed by atoms with Gasteiger partial charge in [-0.05, 0) is 31.4 Å². The van der Waals surface area contributed by atoms with E-state index in [2.05, 4.69) is 10.4 Å². The van der Waals surface area contributed by atoms with Gasteiger partial charge >= 0.3 is 0 Å². The molecule has 0 bridgehead atoms. The van der Waals surface area contributed by atoms with Gasteiger partial charge in [-0.2, -0.15) is 5.10 Å². The van der Waals surface area contributed by atoms with Gasteiger partial charge in [-0.25, -0.2) is 0 Å². The number of aliphatic hydroxyl groups excluding tert-OH is 1. The van der Waals surface area contributed by atoms with Crippen molar-refractivity contribution >= 4 is 11.7 Å². The van der Waals surface area contributed by atoms with Gasteiger partial charge in [-0.15, -0.1) is 0 Å². The van der Waals surface area contributed by atoms with E-state index in [9.17, 15) is 9.90 Å². The summed E-state index contributed by atoms with van der Waals surface area (Å²) in [5.41, 5.74) is 2.86. The first-order valence-electron chi connectivity index (χ1n) is 8.27. The third kappa shape index (κ3) is 3.20. The average Bonchev–Trinajstić information content (AvgIpc) is 3.09. The second kappa shape index (κ2) is 6.75. The van der Waals surface area contributed by atoms with Crippen LogP contribution in [0.15, 0.2) is 30.3 Å². The summed E-state index contributed by atoms with van der Waals surface area (Å²) >= 11 is 0. The molecule has 1 saturated heterocycles. The van der Waals surface area contributed by atoms with Crippen molar-refractivity contribution in [2.75, 3.05) is 11.4 Å². The minimum atomic E-state index is -0.201. The highest BCUT2D eigenvalue weighted by atomic mass is 16.3. The fraction of sp³-hybridized carbons (Fsp3) is 0.444. The van der Waals surface area contributed by atoms with Crippen molar-refractivity contribution in [1.82, 2.24) is 15.1 Å². The molecule has 6 nitrogen and oxygen atoms in total. The second-order valence-electron chi connectivity index (χ2n) is 6.39. The molecule has 1 aromatic heterocycles. The Morgan fingerprint density at radius 3 is 2.88 bits per heavy atom. The highest BCUT2D eigenvalue weighted by molar-refractivity contribution is 5.98. The summed E-state index contributed by atoms with van der Waals surface area (Å²) in [5, 5.41) is 17.0. The minimum absolute atomic E-state index is 0.0243. The molecule has 3 rings (SSSR count). The molecule has 128 valence electrons. The van der Waals surface area contributed by atoms with Gasteiger partial charge in [0.15, 0.2) is 0 Å². The quantitative estimate of drug-likeness (QED) is 0.876. The molecule has 2 heterocycles. The fourth-order valence-electron chi connectivity index (χ4n) is 3.27. The molecule has 2 N–H and O–H groups in total. The molecule has 1 amide bonds. The van der Waals surface area contributed by atoms with Crippen LogP contribution in [0.5, 0.6) is 0 Å². The Morgan fingerprint density at radius 2 is 2.21 bits per heavy atom. The molecule has 2 aromatic rings. The Bertz CT molecular complexity index is 740. The summed E-state index contributed by atoms with van der Waals surface area (Å²) in [4.78, 5) is 14.5. The molecule has 1 aliphatic heterocycles. The molecular weight excluding hydrogens is 304 g/mol. The maximum absolute atomic E-state index is 12.7. The number of aromatic nitrogens is 2. The van der Waals surface area contributed by atoms with Crippen molar-refractivity contribution in [2.45, 2.75) is 39.0 Å². The monoisotopic (exact) mass is 328 g/mol. The number of anilines is 1. The molecule has 1 aromatic carbocycles. The lowest BCUT2D eigenvalue weighted by Gasteiger charge is -2.20. The van der Waals surface area contributed by atoms with Crippen LogP contribution in [-0.4, -0.2) is 33.4 Å². The predicted octanol–water partition coefficient (Wildman–Crippen LogP) is 1.68. The van der Waals surface area contributed by atoms with E-state index in [-0.39, 0.29) is 24.6 Å². The molecule has 1 fully saturated rings. The molecule has 0 spiro atoms. The third-order valence-corrected chi connectivity index (χ3v) is 4.54. The van der Waals surface area contributed by atoms with E-state index in [4.69, 9.17) is 0 Å². The number of amides is 1. The molecule has 0 aliphatic carbocycles. The molecule has 2 atom stereocenters. The number of hydrogen-bond donors (Lipinski definition) is 2. The SMILES string of the molecule is Cc1cc(N2CCC(NC(C)c3cccc(CO)c3)C2=O)n(C)n1. The molecule has 24 heavy (non-hydrogen) atoms. The van der Waals surface area contributed by atoms with Gasteiger partial charge in [0.2, 0.25) is 5.91 Å². The number of carbonyl (C=O) groups excluding carboxylic acids is 1. The van der Waals surface area contributed by atoms with Crippen LogP contribution < -0.4 is 10.2 Å². The number of hydrogen-bond acceptors (Lipinski definition) is 4. The lowest BCUT2D eigenvalue weighted by molar-refractivity contribution is -0.119. The summed E-state index contributed by atoms with van der Waals surface area (Å²) in [7, 11) is 1.86. The summed E-state index contributed by atoms with van der Waals surface area (Å²) < 4.78 is 1.75. The Kier molecular flexibility index (Phi) is 4.69. The van der Waals surface area contributed by atoms with Gasteiger partial charge in [-0.3, -0.25) is 19.7 Å². The molecule has 2 unspecified atom stereocenters. The number of nitrogens with zero attached hydrogens (tertiary/aromatic N) is 3. The second-order valence-corrected chi connectivity index (χ2v) is 6.39. The zero-order valence-electron chi connectivity index (χ0n) is 14.4. The maximum Gasteiger partial charge on any atom is 0.245 e. The van der Waals surface area contributed by atoms with E-state index in [0.29, 0.717) is 6.54 Å². The van der Waals surface area contributed by atoms with Crippen molar-refractivity contribution in [2.24, 2.45) is 7.05 Å². The van der Waals surface area contributed by atoms with Crippen LogP contribution in [0.3, 0.4) is 0 Å². The Balaban J connectivity index is 1.70. The largest absolute Gasteiger partial charge is 0.392 e. The van der Waals surface area contributed by atoms with Crippen LogP contribution >= 0.6 is 0 Å². The third-order valence-electron chi connectivity index (χ3n) is 4.54. The summed E-state index contributed by atoms with van der Waals surface area (Å²) in [6.07, 6.45) is 0.771. The van der Waals surface area contributed by atoms with Crippen molar-refractivity contribution in [3.05, 3.63) is 47.2 Å². The zero-order chi connectivity index (χ0) is 17.3. The minimum Gasteiger partial charge on any atom is -0.392 e. The Labute approximate surface area is 142 Å². The topological polar surface area (TPSA) is 70.4 Å². The van der Waals surface area contributed by atoms with Gasteiger partial charge < -0.3 is 5.11 Å². The molecule has 1 aliphatic rings. The van der Waals surface area contributed by atoms with Crippen LogP contribution in [-0.2, 0) is 18.4 Å². The maximum atomic E-state index is 12.7. The fourth-order valence-corrected chi connectivity index (χ4v) is 3.27. The highest BCUT2D eigenvalue weighted by Crippen LogP contribution is 2.24. The van der Waals surface area contributed by atoms with Crippen molar-refractivity contribution in [3.63, 3.8) is 0 Å². The van der Waals surface area contributed by atoms with E-state index < -0.39 is 0 Å².